The summed E-state index contributed by atoms with van der Waals surface area (Å²) in [6, 6.07) is 0. The van der Waals surface area contributed by atoms with Gasteiger partial charge in [-0.3, -0.25) is 4.79 Å². The molecule has 3 heteroatoms. The fourth-order valence-corrected chi connectivity index (χ4v) is 1.05. The smallest absolute Gasteiger partial charge is 0.307 e. The monoisotopic (exact) mass is 171 g/mol. The molecule has 0 spiro atoms. The average molecular weight is 171 g/mol. The van der Waals surface area contributed by atoms with E-state index in [9.17, 15) is 4.79 Å². The predicted molar refractivity (Wildman–Crippen MR) is 46.8 cm³/mol. The molecule has 0 atom stereocenters. The van der Waals surface area contributed by atoms with Crippen molar-refractivity contribution in [3.63, 3.8) is 0 Å². The number of hydrogen-bond acceptors (Lipinski definition) is 3. The summed E-state index contributed by atoms with van der Waals surface area (Å²) >= 11 is 0. The van der Waals surface area contributed by atoms with E-state index in [2.05, 4.69) is 5.32 Å². The van der Waals surface area contributed by atoms with Gasteiger partial charge in [-0.2, -0.15) is 0 Å². The van der Waals surface area contributed by atoms with Gasteiger partial charge in [-0.1, -0.05) is 12.8 Å². The summed E-state index contributed by atoms with van der Waals surface area (Å²) in [6.45, 7) is 1.33. The normalized spacial score (nSPS) is 16.1. The lowest BCUT2D eigenvalue weighted by Gasteiger charge is -2.02. The number of hydrogen-bond donors (Lipinski definition) is 1. The van der Waals surface area contributed by atoms with Crippen LogP contribution in [0.4, 0.5) is 0 Å². The molecule has 1 rings (SSSR count). The highest BCUT2D eigenvalue weighted by Gasteiger charge is 2.20. The first-order valence-electron chi connectivity index (χ1n) is 4.63. The van der Waals surface area contributed by atoms with Gasteiger partial charge in [0.15, 0.2) is 0 Å². The maximum absolute atomic E-state index is 10.9. The Morgan fingerprint density at radius 1 is 1.58 bits per heavy atom. The molecule has 1 saturated carbocycles. The first-order valence-corrected chi connectivity index (χ1v) is 4.63. The van der Waals surface area contributed by atoms with E-state index in [1.54, 1.807) is 0 Å². The second kappa shape index (κ2) is 5.14. The van der Waals surface area contributed by atoms with Gasteiger partial charge in [0.05, 0.1) is 13.0 Å². The zero-order valence-corrected chi connectivity index (χ0v) is 7.64. The topological polar surface area (TPSA) is 38.3 Å². The summed E-state index contributed by atoms with van der Waals surface area (Å²) in [4.78, 5) is 10.9. The standard InChI is InChI=1S/C9H17NO2/c1-10-6-4-9(11)12-7-5-8-2-3-8/h8,10H,2-7H2,1H3. The van der Waals surface area contributed by atoms with Gasteiger partial charge in [-0.15, -0.1) is 0 Å². The molecule has 0 aromatic rings. The molecule has 0 aliphatic heterocycles. The molecule has 1 fully saturated rings. The van der Waals surface area contributed by atoms with Crippen molar-refractivity contribution < 1.29 is 9.53 Å². The molecule has 0 unspecified atom stereocenters. The minimum Gasteiger partial charge on any atom is -0.466 e. The number of ether oxygens (including phenoxy) is 1. The molecule has 70 valence electrons. The highest BCUT2D eigenvalue weighted by atomic mass is 16.5. The van der Waals surface area contributed by atoms with Gasteiger partial charge in [0.2, 0.25) is 0 Å². The summed E-state index contributed by atoms with van der Waals surface area (Å²) in [5.41, 5.74) is 0. The van der Waals surface area contributed by atoms with Crippen LogP contribution in [0.15, 0.2) is 0 Å². The number of rotatable bonds is 6. The minimum absolute atomic E-state index is 0.0787. The van der Waals surface area contributed by atoms with Crippen LogP contribution in [-0.4, -0.2) is 26.2 Å². The van der Waals surface area contributed by atoms with E-state index in [4.69, 9.17) is 4.74 Å². The van der Waals surface area contributed by atoms with Gasteiger partial charge >= 0.3 is 5.97 Å². The first-order chi connectivity index (χ1) is 5.83. The Bertz CT molecular complexity index is 143. The Morgan fingerprint density at radius 2 is 2.33 bits per heavy atom. The molecular weight excluding hydrogens is 154 g/mol. The fourth-order valence-electron chi connectivity index (χ4n) is 1.05. The summed E-state index contributed by atoms with van der Waals surface area (Å²) in [6.07, 6.45) is 4.20. The van der Waals surface area contributed by atoms with E-state index in [1.165, 1.54) is 12.8 Å². The molecule has 0 saturated heterocycles. The molecule has 1 aliphatic carbocycles. The fraction of sp³-hybridized carbons (Fsp3) is 0.889. The zero-order chi connectivity index (χ0) is 8.81. The van der Waals surface area contributed by atoms with Crippen LogP contribution in [-0.2, 0) is 9.53 Å². The summed E-state index contributed by atoms with van der Waals surface area (Å²) in [7, 11) is 1.83. The van der Waals surface area contributed by atoms with E-state index in [1.807, 2.05) is 7.05 Å². The molecule has 0 heterocycles. The molecular formula is C9H17NO2. The van der Waals surface area contributed by atoms with Crippen LogP contribution in [0, 0.1) is 5.92 Å². The van der Waals surface area contributed by atoms with Gasteiger partial charge in [-0.05, 0) is 19.4 Å². The largest absolute Gasteiger partial charge is 0.466 e. The highest BCUT2D eigenvalue weighted by Crippen LogP contribution is 2.32. The Hall–Kier alpha value is -0.570. The van der Waals surface area contributed by atoms with E-state index in [0.29, 0.717) is 19.6 Å². The molecule has 3 nitrogen and oxygen atoms in total. The van der Waals surface area contributed by atoms with Crippen molar-refractivity contribution in [2.45, 2.75) is 25.7 Å². The van der Waals surface area contributed by atoms with Gasteiger partial charge in [0, 0.05) is 6.54 Å². The first kappa shape index (κ1) is 9.52. The Labute approximate surface area is 73.5 Å². The van der Waals surface area contributed by atoms with Crippen LogP contribution in [0.5, 0.6) is 0 Å². The van der Waals surface area contributed by atoms with E-state index in [0.717, 1.165) is 12.3 Å². The van der Waals surface area contributed by atoms with Crippen LogP contribution < -0.4 is 5.32 Å². The lowest BCUT2D eigenvalue weighted by molar-refractivity contribution is -0.143. The van der Waals surface area contributed by atoms with Gasteiger partial charge in [0.25, 0.3) is 0 Å². The second-order valence-corrected chi connectivity index (χ2v) is 3.31. The summed E-state index contributed by atoms with van der Waals surface area (Å²) < 4.78 is 5.02. The number of nitrogens with one attached hydrogen (secondary N) is 1. The molecule has 12 heavy (non-hydrogen) atoms. The maximum atomic E-state index is 10.9. The number of carbonyl (C=O) groups is 1. The van der Waals surface area contributed by atoms with Gasteiger partial charge in [-0.25, -0.2) is 0 Å². The molecule has 1 aliphatic rings. The van der Waals surface area contributed by atoms with Crippen LogP contribution in [0.2, 0.25) is 0 Å². The van der Waals surface area contributed by atoms with Crippen molar-refractivity contribution in [1.82, 2.24) is 5.32 Å². The molecule has 0 bridgehead atoms. The van der Waals surface area contributed by atoms with Gasteiger partial charge in [0.1, 0.15) is 0 Å². The Morgan fingerprint density at radius 3 is 2.92 bits per heavy atom. The quantitative estimate of drug-likeness (QED) is 0.604. The second-order valence-electron chi connectivity index (χ2n) is 3.31. The summed E-state index contributed by atoms with van der Waals surface area (Å²) in [5, 5.41) is 2.91. The highest BCUT2D eigenvalue weighted by molar-refractivity contribution is 5.69. The lowest BCUT2D eigenvalue weighted by atomic mass is 10.3. The predicted octanol–water partition coefficient (Wildman–Crippen LogP) is 0.939. The maximum Gasteiger partial charge on any atom is 0.307 e. The molecule has 1 N–H and O–H groups in total. The molecule has 0 amide bonds. The van der Waals surface area contributed by atoms with Crippen molar-refractivity contribution in [3.8, 4) is 0 Å². The molecule has 0 aromatic carbocycles. The van der Waals surface area contributed by atoms with E-state index >= 15 is 0 Å². The van der Waals surface area contributed by atoms with Crippen molar-refractivity contribution >= 4 is 5.97 Å². The van der Waals surface area contributed by atoms with Gasteiger partial charge < -0.3 is 10.1 Å². The lowest BCUT2D eigenvalue weighted by Crippen LogP contribution is -2.15. The molecule has 0 radical (unpaired) electrons. The van der Waals surface area contributed by atoms with Crippen molar-refractivity contribution in [1.29, 1.82) is 0 Å². The van der Waals surface area contributed by atoms with Crippen LogP contribution in [0.3, 0.4) is 0 Å². The van der Waals surface area contributed by atoms with Crippen molar-refractivity contribution in [2.24, 2.45) is 5.92 Å². The Kier molecular flexibility index (Phi) is 4.08. The SMILES string of the molecule is CNCCC(=O)OCCC1CC1. The molecule has 0 aromatic heterocycles. The average Bonchev–Trinajstić information content (AvgIpc) is 2.84. The third-order valence-corrected chi connectivity index (χ3v) is 2.07. The van der Waals surface area contributed by atoms with Crippen LogP contribution in [0.25, 0.3) is 0 Å². The number of esters is 1. The van der Waals surface area contributed by atoms with Crippen LogP contribution in [0.1, 0.15) is 25.7 Å². The summed E-state index contributed by atoms with van der Waals surface area (Å²) in [5.74, 6) is 0.770. The van der Waals surface area contributed by atoms with E-state index in [-0.39, 0.29) is 5.97 Å². The van der Waals surface area contributed by atoms with Crippen molar-refractivity contribution in [3.05, 3.63) is 0 Å². The zero-order valence-electron chi connectivity index (χ0n) is 7.64. The third-order valence-electron chi connectivity index (χ3n) is 2.07. The Balaban J connectivity index is 1.86. The van der Waals surface area contributed by atoms with Crippen LogP contribution >= 0.6 is 0 Å². The van der Waals surface area contributed by atoms with Crippen molar-refractivity contribution in [2.75, 3.05) is 20.2 Å². The minimum atomic E-state index is -0.0787. The van der Waals surface area contributed by atoms with E-state index < -0.39 is 0 Å². The third kappa shape index (κ3) is 4.34. The number of carbonyl (C=O) groups excluding carboxylic acids is 1.